The number of phenols is 1. The number of urea groups is 1. The van der Waals surface area contributed by atoms with E-state index in [1.165, 1.54) is 12.1 Å². The molecule has 0 atom stereocenters. The lowest BCUT2D eigenvalue weighted by Crippen LogP contribution is -2.19. The number of carbonyl (C=O) groups is 1. The lowest BCUT2D eigenvalue weighted by molar-refractivity contribution is 0.262. The molecule has 0 unspecified atom stereocenters. The van der Waals surface area contributed by atoms with Crippen LogP contribution in [0.5, 0.6) is 5.75 Å². The van der Waals surface area contributed by atoms with Gasteiger partial charge >= 0.3 is 6.03 Å². The quantitative estimate of drug-likeness (QED) is 0.647. The Kier molecular flexibility index (Phi) is 4.24. The summed E-state index contributed by atoms with van der Waals surface area (Å²) in [5.74, 6) is 0.156. The van der Waals surface area contributed by atoms with Gasteiger partial charge in [-0.05, 0) is 48.0 Å². The Labute approximate surface area is 133 Å². The van der Waals surface area contributed by atoms with E-state index in [0.717, 1.165) is 5.56 Å². The van der Waals surface area contributed by atoms with Gasteiger partial charge in [-0.1, -0.05) is 12.1 Å². The van der Waals surface area contributed by atoms with Gasteiger partial charge in [-0.15, -0.1) is 0 Å². The number of hydrogen-bond acceptors (Lipinski definition) is 3. The molecule has 2 aromatic carbocycles. The molecule has 0 bridgehead atoms. The zero-order chi connectivity index (χ0) is 16.1. The first-order valence-electron chi connectivity index (χ1n) is 7.12. The first kappa shape index (κ1) is 14.6. The van der Waals surface area contributed by atoms with E-state index in [-0.39, 0.29) is 11.8 Å². The van der Waals surface area contributed by atoms with Crippen LogP contribution >= 0.6 is 0 Å². The number of aromatic nitrogens is 2. The molecule has 1 heterocycles. The lowest BCUT2D eigenvalue weighted by Gasteiger charge is -2.08. The SMILES string of the molecule is O=C(Nc1ccc(O)cc1)Nc1ccc(Cn2cccn2)cc1. The fourth-order valence-corrected chi connectivity index (χ4v) is 2.11. The van der Waals surface area contributed by atoms with Crippen molar-refractivity contribution in [3.05, 3.63) is 72.6 Å². The molecule has 2 amide bonds. The van der Waals surface area contributed by atoms with Crippen molar-refractivity contribution in [3.8, 4) is 5.75 Å². The second-order valence-corrected chi connectivity index (χ2v) is 5.03. The Bertz CT molecular complexity index is 765. The number of nitrogens with one attached hydrogen (secondary N) is 2. The summed E-state index contributed by atoms with van der Waals surface area (Å²) in [5.41, 5.74) is 2.40. The Morgan fingerprint density at radius 1 is 1.00 bits per heavy atom. The monoisotopic (exact) mass is 308 g/mol. The zero-order valence-electron chi connectivity index (χ0n) is 12.3. The highest BCUT2D eigenvalue weighted by atomic mass is 16.3. The standard InChI is InChI=1S/C17H16N4O2/c22-16-8-6-15(7-9-16)20-17(23)19-14-4-2-13(3-5-14)12-21-11-1-10-18-21/h1-11,22H,12H2,(H2,19,20,23). The van der Waals surface area contributed by atoms with E-state index in [0.29, 0.717) is 17.9 Å². The molecule has 0 saturated carbocycles. The molecule has 1 aromatic heterocycles. The molecule has 23 heavy (non-hydrogen) atoms. The first-order valence-corrected chi connectivity index (χ1v) is 7.12. The van der Waals surface area contributed by atoms with Crippen LogP contribution in [0.25, 0.3) is 0 Å². The molecule has 3 aromatic rings. The summed E-state index contributed by atoms with van der Waals surface area (Å²) < 4.78 is 1.83. The molecule has 6 heteroatoms. The number of benzene rings is 2. The number of amides is 2. The fraction of sp³-hybridized carbons (Fsp3) is 0.0588. The molecule has 0 aliphatic carbocycles. The molecule has 0 aliphatic rings. The molecule has 0 aliphatic heterocycles. The number of aromatic hydroxyl groups is 1. The topological polar surface area (TPSA) is 79.2 Å². The Morgan fingerprint density at radius 2 is 1.61 bits per heavy atom. The van der Waals surface area contributed by atoms with Crippen molar-refractivity contribution in [2.24, 2.45) is 0 Å². The highest BCUT2D eigenvalue weighted by molar-refractivity contribution is 5.99. The average molecular weight is 308 g/mol. The van der Waals surface area contributed by atoms with Crippen molar-refractivity contribution < 1.29 is 9.90 Å². The van der Waals surface area contributed by atoms with Crippen molar-refractivity contribution in [2.75, 3.05) is 10.6 Å². The van der Waals surface area contributed by atoms with E-state index in [9.17, 15) is 9.90 Å². The van der Waals surface area contributed by atoms with E-state index in [4.69, 9.17) is 0 Å². The summed E-state index contributed by atoms with van der Waals surface area (Å²) in [6.45, 7) is 0.687. The third-order valence-electron chi connectivity index (χ3n) is 3.24. The Balaban J connectivity index is 1.57. The molecule has 3 N–H and O–H groups in total. The normalized spacial score (nSPS) is 10.3. The smallest absolute Gasteiger partial charge is 0.323 e. The zero-order valence-corrected chi connectivity index (χ0v) is 12.3. The van der Waals surface area contributed by atoms with E-state index >= 15 is 0 Å². The van der Waals surface area contributed by atoms with Crippen molar-refractivity contribution in [1.82, 2.24) is 9.78 Å². The number of rotatable bonds is 4. The van der Waals surface area contributed by atoms with Crippen LogP contribution in [-0.4, -0.2) is 20.9 Å². The Hall–Kier alpha value is -3.28. The molecule has 0 spiro atoms. The second kappa shape index (κ2) is 6.65. The van der Waals surface area contributed by atoms with Crippen LogP contribution < -0.4 is 10.6 Å². The first-order chi connectivity index (χ1) is 11.2. The van der Waals surface area contributed by atoms with E-state index in [1.807, 2.05) is 41.2 Å². The Morgan fingerprint density at radius 3 is 2.17 bits per heavy atom. The minimum atomic E-state index is -0.337. The van der Waals surface area contributed by atoms with Gasteiger partial charge in [-0.2, -0.15) is 5.10 Å². The van der Waals surface area contributed by atoms with Gasteiger partial charge < -0.3 is 15.7 Å². The van der Waals surface area contributed by atoms with E-state index in [1.54, 1.807) is 18.3 Å². The number of hydrogen-bond donors (Lipinski definition) is 3. The second-order valence-electron chi connectivity index (χ2n) is 5.03. The number of carbonyl (C=O) groups excluding carboxylic acids is 1. The van der Waals surface area contributed by atoms with E-state index in [2.05, 4.69) is 15.7 Å². The third-order valence-corrected chi connectivity index (χ3v) is 3.24. The van der Waals surface area contributed by atoms with Crippen molar-refractivity contribution in [3.63, 3.8) is 0 Å². The lowest BCUT2D eigenvalue weighted by atomic mass is 10.2. The number of anilines is 2. The summed E-state index contributed by atoms with van der Waals surface area (Å²) in [6.07, 6.45) is 3.64. The van der Waals surface area contributed by atoms with Gasteiger partial charge in [0.05, 0.1) is 6.54 Å². The van der Waals surface area contributed by atoms with Crippen LogP contribution in [0.4, 0.5) is 16.2 Å². The number of nitrogens with zero attached hydrogens (tertiary/aromatic N) is 2. The molecule has 0 saturated heterocycles. The molecular formula is C17H16N4O2. The maximum atomic E-state index is 11.9. The van der Waals surface area contributed by atoms with Crippen LogP contribution in [-0.2, 0) is 6.54 Å². The van der Waals surface area contributed by atoms with Crippen LogP contribution in [0.1, 0.15) is 5.56 Å². The van der Waals surface area contributed by atoms with Crippen LogP contribution in [0.15, 0.2) is 67.0 Å². The molecule has 0 fully saturated rings. The van der Waals surface area contributed by atoms with Crippen LogP contribution in [0, 0.1) is 0 Å². The highest BCUT2D eigenvalue weighted by Crippen LogP contribution is 2.15. The van der Waals surface area contributed by atoms with Gasteiger partial charge in [-0.3, -0.25) is 4.68 Å². The molecule has 6 nitrogen and oxygen atoms in total. The predicted molar refractivity (Wildman–Crippen MR) is 88.5 cm³/mol. The van der Waals surface area contributed by atoms with Gasteiger partial charge in [0, 0.05) is 23.8 Å². The third kappa shape index (κ3) is 4.10. The van der Waals surface area contributed by atoms with Gasteiger partial charge in [0.15, 0.2) is 0 Å². The minimum absolute atomic E-state index is 0.156. The highest BCUT2D eigenvalue weighted by Gasteiger charge is 2.03. The molecule has 116 valence electrons. The maximum absolute atomic E-state index is 11.9. The minimum Gasteiger partial charge on any atom is -0.508 e. The number of phenolic OH excluding ortho intramolecular Hbond substituents is 1. The van der Waals surface area contributed by atoms with Crippen molar-refractivity contribution in [1.29, 1.82) is 0 Å². The molecular weight excluding hydrogens is 292 g/mol. The van der Waals surface area contributed by atoms with Gasteiger partial charge in [0.1, 0.15) is 5.75 Å². The predicted octanol–water partition coefficient (Wildman–Crippen LogP) is 3.28. The summed E-state index contributed by atoms with van der Waals surface area (Å²) >= 11 is 0. The van der Waals surface area contributed by atoms with Crippen molar-refractivity contribution in [2.45, 2.75) is 6.54 Å². The van der Waals surface area contributed by atoms with E-state index < -0.39 is 0 Å². The summed E-state index contributed by atoms with van der Waals surface area (Å²) in [4.78, 5) is 11.9. The van der Waals surface area contributed by atoms with Gasteiger partial charge in [0.2, 0.25) is 0 Å². The van der Waals surface area contributed by atoms with Gasteiger partial charge in [-0.25, -0.2) is 4.79 Å². The molecule has 3 rings (SSSR count). The van der Waals surface area contributed by atoms with Gasteiger partial charge in [0.25, 0.3) is 0 Å². The summed E-state index contributed by atoms with van der Waals surface area (Å²) in [7, 11) is 0. The summed E-state index contributed by atoms with van der Waals surface area (Å²) in [5, 5.41) is 18.8. The molecule has 0 radical (unpaired) electrons. The average Bonchev–Trinajstić information content (AvgIpc) is 3.04. The van der Waals surface area contributed by atoms with Crippen LogP contribution in [0.3, 0.4) is 0 Å². The summed E-state index contributed by atoms with van der Waals surface area (Å²) in [6, 6.07) is 15.4. The largest absolute Gasteiger partial charge is 0.508 e. The van der Waals surface area contributed by atoms with Crippen molar-refractivity contribution >= 4 is 17.4 Å². The maximum Gasteiger partial charge on any atom is 0.323 e. The fourth-order valence-electron chi connectivity index (χ4n) is 2.11. The van der Waals surface area contributed by atoms with Crippen LogP contribution in [0.2, 0.25) is 0 Å².